The van der Waals surface area contributed by atoms with E-state index < -0.39 is 0 Å². The fourth-order valence-electron chi connectivity index (χ4n) is 1.54. The van der Waals surface area contributed by atoms with Crippen LogP contribution in [0, 0.1) is 11.7 Å². The van der Waals surface area contributed by atoms with Crippen molar-refractivity contribution in [3.8, 4) is 0 Å². The van der Waals surface area contributed by atoms with Crippen LogP contribution in [0.2, 0.25) is 0 Å². The van der Waals surface area contributed by atoms with Crippen molar-refractivity contribution in [1.82, 2.24) is 19.4 Å². The highest BCUT2D eigenvalue weighted by atomic mass is 32.1. The molecule has 2 N–H and O–H groups in total. The van der Waals surface area contributed by atoms with Gasteiger partial charge in [0.15, 0.2) is 4.77 Å². The van der Waals surface area contributed by atoms with Gasteiger partial charge in [0.05, 0.1) is 5.69 Å². The van der Waals surface area contributed by atoms with E-state index in [9.17, 15) is 4.79 Å². The van der Waals surface area contributed by atoms with Gasteiger partial charge in [0.25, 0.3) is 0 Å². The SMILES string of the molecule is C=CCc1nc(C)n2c(=O)[nH]c(=S)[nH]c12. The highest BCUT2D eigenvalue weighted by Crippen LogP contribution is 2.08. The minimum Gasteiger partial charge on any atom is -0.316 e. The lowest BCUT2D eigenvalue weighted by Gasteiger charge is -1.95. The van der Waals surface area contributed by atoms with E-state index in [0.29, 0.717) is 22.7 Å². The van der Waals surface area contributed by atoms with Crippen LogP contribution in [-0.2, 0) is 6.42 Å². The first-order valence-corrected chi connectivity index (χ1v) is 4.85. The fourth-order valence-corrected chi connectivity index (χ4v) is 1.72. The summed E-state index contributed by atoms with van der Waals surface area (Å²) < 4.78 is 1.77. The van der Waals surface area contributed by atoms with Crippen molar-refractivity contribution in [1.29, 1.82) is 0 Å². The van der Waals surface area contributed by atoms with E-state index in [-0.39, 0.29) is 5.69 Å². The molecule has 0 aliphatic carbocycles. The van der Waals surface area contributed by atoms with E-state index in [0.717, 1.165) is 5.69 Å². The Bertz CT molecular complexity index is 634. The van der Waals surface area contributed by atoms with Crippen LogP contribution in [-0.4, -0.2) is 19.4 Å². The third-order valence-corrected chi connectivity index (χ3v) is 2.31. The molecule has 0 spiro atoms. The fraction of sp³-hybridized carbons (Fsp3) is 0.222. The van der Waals surface area contributed by atoms with Crippen LogP contribution in [0.15, 0.2) is 17.4 Å². The van der Waals surface area contributed by atoms with Crippen LogP contribution in [0.3, 0.4) is 0 Å². The summed E-state index contributed by atoms with van der Waals surface area (Å²) in [5.74, 6) is 0.634. The maximum Gasteiger partial charge on any atom is 0.334 e. The van der Waals surface area contributed by atoms with Crippen molar-refractivity contribution in [2.24, 2.45) is 0 Å². The lowest BCUT2D eigenvalue weighted by molar-refractivity contribution is 0.899. The van der Waals surface area contributed by atoms with Crippen molar-refractivity contribution in [3.63, 3.8) is 0 Å². The van der Waals surface area contributed by atoms with E-state index in [1.54, 1.807) is 13.0 Å². The summed E-state index contributed by atoms with van der Waals surface area (Å²) in [6.07, 6.45) is 2.34. The second-order valence-electron chi connectivity index (χ2n) is 3.17. The third-order valence-electron chi connectivity index (χ3n) is 2.11. The standard InChI is InChI=1S/C9H10N4OS/c1-3-4-6-7-11-8(15)12-9(14)13(7)5(2)10-6/h3H,1,4H2,2H3,(H2,11,12,14,15). The average Bonchev–Trinajstić information content (AvgIpc) is 2.43. The Morgan fingerprint density at radius 3 is 3.00 bits per heavy atom. The number of H-pyrrole nitrogens is 2. The van der Waals surface area contributed by atoms with Crippen LogP contribution in [0.4, 0.5) is 0 Å². The molecule has 0 saturated heterocycles. The molecule has 2 rings (SSSR count). The zero-order chi connectivity index (χ0) is 11.0. The Balaban J connectivity index is 2.93. The van der Waals surface area contributed by atoms with E-state index in [2.05, 4.69) is 21.5 Å². The number of nitrogens with one attached hydrogen (secondary N) is 2. The van der Waals surface area contributed by atoms with Gasteiger partial charge < -0.3 is 4.98 Å². The quantitative estimate of drug-likeness (QED) is 0.591. The predicted molar refractivity (Wildman–Crippen MR) is 59.6 cm³/mol. The largest absolute Gasteiger partial charge is 0.334 e. The number of rotatable bonds is 2. The zero-order valence-corrected chi connectivity index (χ0v) is 9.02. The minimum absolute atomic E-state index is 0.269. The second-order valence-corrected chi connectivity index (χ2v) is 3.58. The van der Waals surface area contributed by atoms with Crippen molar-refractivity contribution >= 4 is 17.9 Å². The third kappa shape index (κ3) is 1.52. The predicted octanol–water partition coefficient (Wildman–Crippen LogP) is 1.12. The number of allylic oxidation sites excluding steroid dienone is 1. The number of hydrogen-bond donors (Lipinski definition) is 2. The Kier molecular flexibility index (Phi) is 2.28. The number of nitrogens with zero attached hydrogens (tertiary/aromatic N) is 2. The van der Waals surface area contributed by atoms with Gasteiger partial charge >= 0.3 is 5.69 Å². The van der Waals surface area contributed by atoms with Crippen molar-refractivity contribution < 1.29 is 0 Å². The van der Waals surface area contributed by atoms with E-state index in [1.165, 1.54) is 4.40 Å². The summed E-state index contributed by atoms with van der Waals surface area (Å²) in [5, 5.41) is 0. The molecule has 15 heavy (non-hydrogen) atoms. The van der Waals surface area contributed by atoms with E-state index >= 15 is 0 Å². The first-order valence-electron chi connectivity index (χ1n) is 4.45. The molecule has 0 aliphatic heterocycles. The highest BCUT2D eigenvalue weighted by Gasteiger charge is 2.09. The summed E-state index contributed by atoms with van der Waals surface area (Å²) in [7, 11) is 0. The number of aryl methyl sites for hydroxylation is 1. The van der Waals surface area contributed by atoms with Gasteiger partial charge in [0.2, 0.25) is 0 Å². The molecular formula is C9H10N4OS. The van der Waals surface area contributed by atoms with Gasteiger partial charge in [-0.1, -0.05) is 6.08 Å². The number of fused-ring (bicyclic) bond motifs is 1. The number of hydrogen-bond acceptors (Lipinski definition) is 3. The van der Waals surface area contributed by atoms with Gasteiger partial charge in [-0.05, 0) is 19.1 Å². The molecule has 0 aliphatic rings. The molecule has 0 fully saturated rings. The molecule has 0 bridgehead atoms. The van der Waals surface area contributed by atoms with Crippen LogP contribution in [0.1, 0.15) is 11.5 Å². The lowest BCUT2D eigenvalue weighted by atomic mass is 10.3. The van der Waals surface area contributed by atoms with E-state index in [4.69, 9.17) is 12.2 Å². The monoisotopic (exact) mass is 222 g/mol. The molecule has 0 atom stereocenters. The Hall–Kier alpha value is -1.69. The molecular weight excluding hydrogens is 212 g/mol. The molecule has 6 heteroatoms. The molecule has 0 radical (unpaired) electrons. The minimum atomic E-state index is -0.269. The first kappa shape index (κ1) is 9.85. The van der Waals surface area contributed by atoms with Crippen molar-refractivity contribution in [2.75, 3.05) is 0 Å². The summed E-state index contributed by atoms with van der Waals surface area (Å²) in [6.45, 7) is 5.41. The van der Waals surface area contributed by atoms with Gasteiger partial charge in [0, 0.05) is 6.42 Å². The highest BCUT2D eigenvalue weighted by molar-refractivity contribution is 7.71. The molecule has 2 aromatic rings. The maximum atomic E-state index is 11.6. The second kappa shape index (κ2) is 3.47. The summed E-state index contributed by atoms with van der Waals surface area (Å²) >= 11 is 4.90. The van der Waals surface area contributed by atoms with Gasteiger partial charge in [-0.25, -0.2) is 14.2 Å². The normalized spacial score (nSPS) is 10.7. The molecule has 78 valence electrons. The van der Waals surface area contributed by atoms with Gasteiger partial charge in [0.1, 0.15) is 11.5 Å². The van der Waals surface area contributed by atoms with Crippen LogP contribution < -0.4 is 5.69 Å². The van der Waals surface area contributed by atoms with E-state index in [1.807, 2.05) is 0 Å². The van der Waals surface area contributed by atoms with Crippen molar-refractivity contribution in [2.45, 2.75) is 13.3 Å². The maximum absolute atomic E-state index is 11.6. The number of aromatic amines is 2. The molecule has 0 amide bonds. The lowest BCUT2D eigenvalue weighted by Crippen LogP contribution is -2.18. The number of aromatic nitrogens is 4. The average molecular weight is 222 g/mol. The Morgan fingerprint density at radius 2 is 2.33 bits per heavy atom. The molecule has 2 aromatic heterocycles. The van der Waals surface area contributed by atoms with Crippen molar-refractivity contribution in [3.05, 3.63) is 39.4 Å². The molecule has 0 unspecified atom stereocenters. The van der Waals surface area contributed by atoms with Crippen LogP contribution in [0.25, 0.3) is 5.65 Å². The molecule has 5 nitrogen and oxygen atoms in total. The van der Waals surface area contributed by atoms with Crippen LogP contribution in [0.5, 0.6) is 0 Å². The Labute approximate surface area is 90.5 Å². The summed E-state index contributed by atoms with van der Waals surface area (Å²) in [4.78, 5) is 21.3. The summed E-state index contributed by atoms with van der Waals surface area (Å²) in [5.41, 5.74) is 1.15. The summed E-state index contributed by atoms with van der Waals surface area (Å²) in [6, 6.07) is 0. The topological polar surface area (TPSA) is 66.0 Å². The van der Waals surface area contributed by atoms with Gasteiger partial charge in [-0.15, -0.1) is 6.58 Å². The molecule has 2 heterocycles. The molecule has 0 aromatic carbocycles. The number of imidazole rings is 1. The smallest absolute Gasteiger partial charge is 0.316 e. The Morgan fingerprint density at radius 1 is 1.60 bits per heavy atom. The van der Waals surface area contributed by atoms with Crippen LogP contribution >= 0.6 is 12.2 Å². The first-order chi connectivity index (χ1) is 7.13. The zero-order valence-electron chi connectivity index (χ0n) is 8.20. The molecule has 0 saturated carbocycles. The van der Waals surface area contributed by atoms with Gasteiger partial charge in [-0.2, -0.15) is 0 Å². The van der Waals surface area contributed by atoms with Gasteiger partial charge in [-0.3, -0.25) is 4.98 Å².